The van der Waals surface area contributed by atoms with Gasteiger partial charge in [0.15, 0.2) is 5.13 Å². The summed E-state index contributed by atoms with van der Waals surface area (Å²) in [6, 6.07) is 8.05. The van der Waals surface area contributed by atoms with Crippen molar-refractivity contribution in [1.82, 2.24) is 4.98 Å². The first-order valence-electron chi connectivity index (χ1n) is 4.76. The molecular formula is C11H11BrN2OS. The van der Waals surface area contributed by atoms with Crippen LogP contribution in [0.2, 0.25) is 0 Å². The predicted octanol–water partition coefficient (Wildman–Crippen LogP) is 3.20. The number of hydrogen-bond donors (Lipinski definition) is 1. The molecule has 0 radical (unpaired) electrons. The molecule has 5 heteroatoms. The highest BCUT2D eigenvalue weighted by atomic mass is 79.9. The van der Waals surface area contributed by atoms with Crippen LogP contribution in [0.15, 0.2) is 34.1 Å². The van der Waals surface area contributed by atoms with E-state index in [9.17, 15) is 0 Å². The van der Waals surface area contributed by atoms with Gasteiger partial charge >= 0.3 is 0 Å². The minimum atomic E-state index is 0.500. The highest BCUT2D eigenvalue weighted by molar-refractivity contribution is 9.10. The van der Waals surface area contributed by atoms with Gasteiger partial charge in [-0.2, -0.15) is 0 Å². The van der Waals surface area contributed by atoms with Crippen molar-refractivity contribution in [1.29, 1.82) is 0 Å². The summed E-state index contributed by atoms with van der Waals surface area (Å²) in [5, 5.41) is 2.50. The zero-order valence-electron chi connectivity index (χ0n) is 8.52. The van der Waals surface area contributed by atoms with E-state index in [4.69, 9.17) is 10.5 Å². The average molecular weight is 299 g/mol. The second-order valence-corrected chi connectivity index (χ2v) is 5.11. The summed E-state index contributed by atoms with van der Waals surface area (Å²) in [6.45, 7) is 1.08. The van der Waals surface area contributed by atoms with Gasteiger partial charge in [-0.3, -0.25) is 0 Å². The van der Waals surface area contributed by atoms with Crippen LogP contribution in [0, 0.1) is 0 Å². The Hall–Kier alpha value is -0.910. The van der Waals surface area contributed by atoms with Crippen LogP contribution >= 0.6 is 27.3 Å². The van der Waals surface area contributed by atoms with Crippen LogP contribution in [0.3, 0.4) is 0 Å². The lowest BCUT2D eigenvalue weighted by Crippen LogP contribution is -1.95. The molecule has 0 aliphatic heterocycles. The molecule has 0 atom stereocenters. The van der Waals surface area contributed by atoms with Crippen LogP contribution in [0.25, 0.3) is 0 Å². The van der Waals surface area contributed by atoms with E-state index in [0.717, 1.165) is 15.7 Å². The first kappa shape index (κ1) is 11.6. The van der Waals surface area contributed by atoms with Crippen molar-refractivity contribution in [3.05, 3.63) is 45.4 Å². The zero-order valence-corrected chi connectivity index (χ0v) is 10.9. The molecule has 1 aromatic carbocycles. The maximum Gasteiger partial charge on any atom is 0.180 e. The number of anilines is 1. The Bertz CT molecular complexity index is 473. The number of nitrogens with two attached hydrogens (primary N) is 1. The van der Waals surface area contributed by atoms with Gasteiger partial charge in [0.1, 0.15) is 0 Å². The highest BCUT2D eigenvalue weighted by Gasteiger charge is 1.99. The van der Waals surface area contributed by atoms with E-state index in [1.54, 1.807) is 0 Å². The SMILES string of the molecule is Nc1nc(COCc2cccc(Br)c2)cs1. The molecule has 1 heterocycles. The molecule has 0 saturated carbocycles. The molecule has 0 saturated heterocycles. The van der Waals surface area contributed by atoms with Crippen LogP contribution < -0.4 is 5.73 Å². The number of halogens is 1. The summed E-state index contributed by atoms with van der Waals surface area (Å²) in [4.78, 5) is 4.12. The van der Waals surface area contributed by atoms with Crippen molar-refractivity contribution >= 4 is 32.4 Å². The van der Waals surface area contributed by atoms with Crippen molar-refractivity contribution in [2.45, 2.75) is 13.2 Å². The van der Waals surface area contributed by atoms with Gasteiger partial charge in [0.25, 0.3) is 0 Å². The number of nitrogen functional groups attached to an aromatic ring is 1. The van der Waals surface area contributed by atoms with Gasteiger partial charge < -0.3 is 10.5 Å². The zero-order chi connectivity index (χ0) is 11.4. The maximum atomic E-state index is 5.54. The highest BCUT2D eigenvalue weighted by Crippen LogP contribution is 2.14. The molecule has 0 spiro atoms. The molecule has 0 aliphatic rings. The van der Waals surface area contributed by atoms with Crippen LogP contribution in [0.4, 0.5) is 5.13 Å². The van der Waals surface area contributed by atoms with Crippen molar-refractivity contribution < 1.29 is 4.74 Å². The molecule has 0 fully saturated rings. The quantitative estimate of drug-likeness (QED) is 0.943. The second kappa shape index (κ2) is 5.43. The van der Waals surface area contributed by atoms with Crippen LogP contribution in [-0.4, -0.2) is 4.98 Å². The Kier molecular flexibility index (Phi) is 3.93. The molecule has 0 bridgehead atoms. The molecule has 3 nitrogen and oxygen atoms in total. The number of nitrogens with zero attached hydrogens (tertiary/aromatic N) is 1. The second-order valence-electron chi connectivity index (χ2n) is 3.30. The molecule has 16 heavy (non-hydrogen) atoms. The molecule has 0 unspecified atom stereocenters. The monoisotopic (exact) mass is 298 g/mol. The van der Waals surface area contributed by atoms with E-state index in [0.29, 0.717) is 18.3 Å². The minimum Gasteiger partial charge on any atom is -0.375 e. The first-order valence-corrected chi connectivity index (χ1v) is 6.43. The number of aromatic nitrogens is 1. The van der Waals surface area contributed by atoms with Crippen LogP contribution in [-0.2, 0) is 18.0 Å². The van der Waals surface area contributed by atoms with Gasteiger partial charge in [-0.05, 0) is 17.7 Å². The van der Waals surface area contributed by atoms with Gasteiger partial charge in [-0.25, -0.2) is 4.98 Å². The van der Waals surface area contributed by atoms with Gasteiger partial charge in [0.2, 0.25) is 0 Å². The lowest BCUT2D eigenvalue weighted by Gasteiger charge is -2.02. The fraction of sp³-hybridized carbons (Fsp3) is 0.182. The number of ether oxygens (including phenoxy) is 1. The Morgan fingerprint density at radius 1 is 1.38 bits per heavy atom. The normalized spacial score (nSPS) is 10.6. The maximum absolute atomic E-state index is 5.54. The third kappa shape index (κ3) is 3.30. The van der Waals surface area contributed by atoms with Crippen LogP contribution in [0.5, 0.6) is 0 Å². The molecular weight excluding hydrogens is 288 g/mol. The standard InChI is InChI=1S/C11H11BrN2OS/c12-9-3-1-2-8(4-9)5-15-6-10-7-16-11(13)14-10/h1-4,7H,5-6H2,(H2,13,14). The molecule has 1 aromatic heterocycles. The average Bonchev–Trinajstić information content (AvgIpc) is 2.64. The smallest absolute Gasteiger partial charge is 0.180 e. The molecule has 84 valence electrons. The van der Waals surface area contributed by atoms with Crippen molar-refractivity contribution in [2.75, 3.05) is 5.73 Å². The van der Waals surface area contributed by atoms with E-state index >= 15 is 0 Å². The van der Waals surface area contributed by atoms with Crippen molar-refractivity contribution in [2.24, 2.45) is 0 Å². The fourth-order valence-electron chi connectivity index (χ4n) is 1.29. The molecule has 2 rings (SSSR count). The first-order chi connectivity index (χ1) is 7.74. The van der Waals surface area contributed by atoms with E-state index in [2.05, 4.69) is 20.9 Å². The summed E-state index contributed by atoms with van der Waals surface area (Å²) in [5.74, 6) is 0. The van der Waals surface area contributed by atoms with Gasteiger partial charge in [-0.15, -0.1) is 11.3 Å². The van der Waals surface area contributed by atoms with Crippen molar-refractivity contribution in [3.63, 3.8) is 0 Å². The molecule has 2 N–H and O–H groups in total. The van der Waals surface area contributed by atoms with Crippen LogP contribution in [0.1, 0.15) is 11.3 Å². The topological polar surface area (TPSA) is 48.1 Å². The summed E-state index contributed by atoms with van der Waals surface area (Å²) >= 11 is 4.85. The molecule has 2 aromatic rings. The minimum absolute atomic E-state index is 0.500. The lowest BCUT2D eigenvalue weighted by molar-refractivity contribution is 0.105. The van der Waals surface area contributed by atoms with E-state index in [1.165, 1.54) is 11.3 Å². The molecule has 0 amide bonds. The van der Waals surface area contributed by atoms with E-state index in [-0.39, 0.29) is 0 Å². The molecule has 0 aliphatic carbocycles. The largest absolute Gasteiger partial charge is 0.375 e. The summed E-state index contributed by atoms with van der Waals surface area (Å²) in [6.07, 6.45) is 0. The van der Waals surface area contributed by atoms with E-state index in [1.807, 2.05) is 29.6 Å². The lowest BCUT2D eigenvalue weighted by atomic mass is 10.2. The Morgan fingerprint density at radius 3 is 2.94 bits per heavy atom. The Balaban J connectivity index is 1.84. The van der Waals surface area contributed by atoms with Gasteiger partial charge in [0.05, 0.1) is 18.9 Å². The van der Waals surface area contributed by atoms with Crippen molar-refractivity contribution in [3.8, 4) is 0 Å². The summed E-state index contributed by atoms with van der Waals surface area (Å²) in [7, 11) is 0. The summed E-state index contributed by atoms with van der Waals surface area (Å²) in [5.41, 5.74) is 7.55. The number of hydrogen-bond acceptors (Lipinski definition) is 4. The number of rotatable bonds is 4. The van der Waals surface area contributed by atoms with E-state index < -0.39 is 0 Å². The van der Waals surface area contributed by atoms with Gasteiger partial charge in [0, 0.05) is 9.85 Å². The fourth-order valence-corrected chi connectivity index (χ4v) is 2.28. The number of thiazole rings is 1. The number of benzene rings is 1. The Morgan fingerprint density at radius 2 is 2.25 bits per heavy atom. The third-order valence-corrected chi connectivity index (χ3v) is 3.19. The van der Waals surface area contributed by atoms with Gasteiger partial charge in [-0.1, -0.05) is 28.1 Å². The third-order valence-electron chi connectivity index (χ3n) is 1.98. The summed E-state index contributed by atoms with van der Waals surface area (Å²) < 4.78 is 6.60. The Labute approximate surface area is 106 Å². The predicted molar refractivity (Wildman–Crippen MR) is 69.2 cm³/mol.